The van der Waals surface area contributed by atoms with E-state index in [0.29, 0.717) is 11.9 Å². The highest BCUT2D eigenvalue weighted by atomic mass is 79.9. The van der Waals surface area contributed by atoms with Crippen LogP contribution in [0.1, 0.15) is 25.5 Å². The first-order chi connectivity index (χ1) is 7.16. The van der Waals surface area contributed by atoms with Crippen molar-refractivity contribution in [3.8, 4) is 5.95 Å². The van der Waals surface area contributed by atoms with Gasteiger partial charge in [-0.05, 0) is 27.9 Å². The van der Waals surface area contributed by atoms with Crippen LogP contribution < -0.4 is 0 Å². The first kappa shape index (κ1) is 10.3. The second-order valence-corrected chi connectivity index (χ2v) is 4.46. The molecular formula is C10H11BrN4. The van der Waals surface area contributed by atoms with Crippen molar-refractivity contribution in [3.05, 3.63) is 34.8 Å². The minimum absolute atomic E-state index is 0.418. The Labute approximate surface area is 96.5 Å². The van der Waals surface area contributed by atoms with Crippen molar-refractivity contribution >= 4 is 15.9 Å². The Bertz CT molecular complexity index is 447. The molecule has 2 heterocycles. The molecule has 5 heteroatoms. The molecule has 0 aromatic carbocycles. The summed E-state index contributed by atoms with van der Waals surface area (Å²) >= 11 is 3.29. The van der Waals surface area contributed by atoms with Gasteiger partial charge in [0, 0.05) is 18.6 Å². The largest absolute Gasteiger partial charge is 0.250 e. The average molecular weight is 267 g/mol. The van der Waals surface area contributed by atoms with Crippen LogP contribution in [0.15, 0.2) is 29.1 Å². The Hall–Kier alpha value is -1.23. The highest BCUT2D eigenvalue weighted by Gasteiger charge is 2.05. The van der Waals surface area contributed by atoms with Crippen LogP contribution in [-0.2, 0) is 0 Å². The number of rotatable bonds is 2. The van der Waals surface area contributed by atoms with Gasteiger partial charge in [0.1, 0.15) is 0 Å². The zero-order chi connectivity index (χ0) is 10.8. The molecule has 0 saturated heterocycles. The predicted octanol–water partition coefficient (Wildman–Crippen LogP) is 2.55. The maximum absolute atomic E-state index is 4.39. The Morgan fingerprint density at radius 1 is 1.27 bits per heavy atom. The van der Waals surface area contributed by atoms with Crippen molar-refractivity contribution in [1.82, 2.24) is 19.7 Å². The van der Waals surface area contributed by atoms with Crippen molar-refractivity contribution in [2.24, 2.45) is 0 Å². The lowest BCUT2D eigenvalue weighted by Gasteiger charge is -2.00. The summed E-state index contributed by atoms with van der Waals surface area (Å²) in [5.41, 5.74) is 1.04. The summed E-state index contributed by atoms with van der Waals surface area (Å²) in [6, 6.07) is 1.98. The smallest absolute Gasteiger partial charge is 0.218 e. The molecule has 0 aliphatic rings. The van der Waals surface area contributed by atoms with Gasteiger partial charge in [-0.3, -0.25) is 0 Å². The summed E-state index contributed by atoms with van der Waals surface area (Å²) in [5.74, 6) is 1.01. The number of aromatic nitrogens is 4. The molecule has 2 aromatic heterocycles. The highest BCUT2D eigenvalue weighted by Crippen LogP contribution is 2.12. The van der Waals surface area contributed by atoms with Crippen molar-refractivity contribution < 1.29 is 0 Å². The first-order valence-corrected chi connectivity index (χ1v) is 5.49. The van der Waals surface area contributed by atoms with Gasteiger partial charge in [0.25, 0.3) is 5.95 Å². The number of nitrogens with zero attached hydrogens (tertiary/aromatic N) is 4. The molecule has 0 spiro atoms. The molecule has 0 radical (unpaired) electrons. The van der Waals surface area contributed by atoms with E-state index in [0.717, 1.165) is 10.2 Å². The lowest BCUT2D eigenvalue weighted by atomic mass is 10.1. The SMILES string of the molecule is CC(C)c1ccn(-c2ncc(Br)cn2)n1. The minimum Gasteiger partial charge on any atom is -0.218 e. The van der Waals surface area contributed by atoms with Crippen LogP contribution in [0.3, 0.4) is 0 Å². The van der Waals surface area contributed by atoms with Gasteiger partial charge in [0.2, 0.25) is 0 Å². The van der Waals surface area contributed by atoms with Crippen molar-refractivity contribution in [2.45, 2.75) is 19.8 Å². The molecule has 0 aliphatic carbocycles. The first-order valence-electron chi connectivity index (χ1n) is 4.70. The maximum Gasteiger partial charge on any atom is 0.250 e. The predicted molar refractivity (Wildman–Crippen MR) is 60.9 cm³/mol. The lowest BCUT2D eigenvalue weighted by Crippen LogP contribution is -2.02. The molecule has 0 fully saturated rings. The maximum atomic E-state index is 4.39. The Balaban J connectivity index is 2.33. The van der Waals surface area contributed by atoms with E-state index in [-0.39, 0.29) is 0 Å². The molecule has 0 unspecified atom stereocenters. The standard InChI is InChI=1S/C10H11BrN4/c1-7(2)9-3-4-15(14-9)10-12-5-8(11)6-13-10/h3-7H,1-2H3. The van der Waals surface area contributed by atoms with E-state index in [1.807, 2.05) is 12.3 Å². The van der Waals surface area contributed by atoms with Gasteiger partial charge in [-0.1, -0.05) is 13.8 Å². The van der Waals surface area contributed by atoms with Gasteiger partial charge in [-0.15, -0.1) is 0 Å². The molecule has 0 saturated carbocycles. The molecule has 0 bridgehead atoms. The monoisotopic (exact) mass is 266 g/mol. The zero-order valence-corrected chi connectivity index (χ0v) is 10.1. The minimum atomic E-state index is 0.418. The van der Waals surface area contributed by atoms with Gasteiger partial charge in [-0.25, -0.2) is 14.6 Å². The summed E-state index contributed by atoms with van der Waals surface area (Å²) < 4.78 is 2.55. The molecule has 78 valence electrons. The summed E-state index contributed by atoms with van der Waals surface area (Å²) in [5, 5.41) is 4.39. The van der Waals surface area contributed by atoms with E-state index in [1.165, 1.54) is 0 Å². The van der Waals surface area contributed by atoms with Crippen LogP contribution in [0.2, 0.25) is 0 Å². The third kappa shape index (κ3) is 2.23. The van der Waals surface area contributed by atoms with Crippen LogP contribution in [0.25, 0.3) is 5.95 Å². The summed E-state index contributed by atoms with van der Waals surface area (Å²) in [6.45, 7) is 4.21. The van der Waals surface area contributed by atoms with Crippen molar-refractivity contribution in [1.29, 1.82) is 0 Å². The molecule has 0 aliphatic heterocycles. The van der Waals surface area contributed by atoms with Crippen LogP contribution in [0.4, 0.5) is 0 Å². The van der Waals surface area contributed by atoms with Crippen LogP contribution in [0.5, 0.6) is 0 Å². The molecule has 2 rings (SSSR count). The van der Waals surface area contributed by atoms with E-state index in [4.69, 9.17) is 0 Å². The van der Waals surface area contributed by atoms with Crippen molar-refractivity contribution in [2.75, 3.05) is 0 Å². The van der Waals surface area contributed by atoms with Gasteiger partial charge in [0.15, 0.2) is 0 Å². The van der Waals surface area contributed by atoms with Crippen LogP contribution in [0, 0.1) is 0 Å². The van der Waals surface area contributed by atoms with Crippen LogP contribution in [-0.4, -0.2) is 19.7 Å². The van der Waals surface area contributed by atoms with E-state index < -0.39 is 0 Å². The quantitative estimate of drug-likeness (QED) is 0.839. The average Bonchev–Trinajstić information content (AvgIpc) is 2.68. The van der Waals surface area contributed by atoms with Gasteiger partial charge in [-0.2, -0.15) is 5.10 Å². The molecule has 0 atom stereocenters. The second kappa shape index (κ2) is 4.10. The molecule has 0 amide bonds. The fourth-order valence-electron chi connectivity index (χ4n) is 1.18. The van der Waals surface area contributed by atoms with E-state index >= 15 is 0 Å². The molecule has 2 aromatic rings. The van der Waals surface area contributed by atoms with Crippen molar-refractivity contribution in [3.63, 3.8) is 0 Å². The summed E-state index contributed by atoms with van der Waals surface area (Å²) in [6.07, 6.45) is 5.29. The Morgan fingerprint density at radius 2 is 1.93 bits per heavy atom. The fraction of sp³-hybridized carbons (Fsp3) is 0.300. The van der Waals surface area contributed by atoms with Gasteiger partial charge in [0.05, 0.1) is 10.2 Å². The van der Waals surface area contributed by atoms with E-state index in [1.54, 1.807) is 17.1 Å². The summed E-state index contributed by atoms with van der Waals surface area (Å²) in [4.78, 5) is 8.33. The lowest BCUT2D eigenvalue weighted by molar-refractivity contribution is 0.741. The van der Waals surface area contributed by atoms with E-state index in [2.05, 4.69) is 44.8 Å². The zero-order valence-electron chi connectivity index (χ0n) is 8.55. The molecule has 4 nitrogen and oxygen atoms in total. The van der Waals surface area contributed by atoms with Gasteiger partial charge >= 0.3 is 0 Å². The second-order valence-electron chi connectivity index (χ2n) is 3.54. The number of halogens is 1. The highest BCUT2D eigenvalue weighted by molar-refractivity contribution is 9.10. The molecule has 15 heavy (non-hydrogen) atoms. The normalized spacial score (nSPS) is 10.9. The Kier molecular flexibility index (Phi) is 2.81. The fourth-order valence-corrected chi connectivity index (χ4v) is 1.39. The third-order valence-electron chi connectivity index (χ3n) is 2.01. The van der Waals surface area contributed by atoms with Crippen LogP contribution >= 0.6 is 15.9 Å². The molecular weight excluding hydrogens is 256 g/mol. The third-order valence-corrected chi connectivity index (χ3v) is 2.42. The molecule has 0 N–H and O–H groups in total. The Morgan fingerprint density at radius 3 is 2.47 bits per heavy atom. The van der Waals surface area contributed by atoms with Gasteiger partial charge < -0.3 is 0 Å². The van der Waals surface area contributed by atoms with E-state index in [9.17, 15) is 0 Å². The number of hydrogen-bond acceptors (Lipinski definition) is 3. The topological polar surface area (TPSA) is 43.6 Å². The summed E-state index contributed by atoms with van der Waals surface area (Å²) in [7, 11) is 0. The number of hydrogen-bond donors (Lipinski definition) is 0.